The lowest BCUT2D eigenvalue weighted by atomic mass is 10.0. The predicted octanol–water partition coefficient (Wildman–Crippen LogP) is 3.07. The van der Waals surface area contributed by atoms with Crippen molar-refractivity contribution in [3.8, 4) is 0 Å². The van der Waals surface area contributed by atoms with E-state index < -0.39 is 0 Å². The van der Waals surface area contributed by atoms with Gasteiger partial charge in [0.25, 0.3) is 0 Å². The van der Waals surface area contributed by atoms with Gasteiger partial charge in [-0.25, -0.2) is 4.99 Å². The molecule has 0 radical (unpaired) electrons. The molecule has 0 fully saturated rings. The van der Waals surface area contributed by atoms with Crippen LogP contribution in [0, 0.1) is 0 Å². The van der Waals surface area contributed by atoms with Gasteiger partial charge in [0.2, 0.25) is 0 Å². The maximum atomic E-state index is 9.50. The van der Waals surface area contributed by atoms with Gasteiger partial charge >= 0.3 is 0 Å². The molecule has 0 spiro atoms. The van der Waals surface area contributed by atoms with Crippen LogP contribution in [0.3, 0.4) is 0 Å². The number of nitrogens with zero attached hydrogens (tertiary/aromatic N) is 3. The van der Waals surface area contributed by atoms with E-state index in [1.165, 1.54) is 11.1 Å². The van der Waals surface area contributed by atoms with Crippen molar-refractivity contribution in [2.45, 2.75) is 6.54 Å². The minimum Gasteiger partial charge on any atom is -0.395 e. The van der Waals surface area contributed by atoms with Crippen LogP contribution >= 0.6 is 0 Å². The van der Waals surface area contributed by atoms with E-state index in [1.807, 2.05) is 30.3 Å². The van der Waals surface area contributed by atoms with Crippen molar-refractivity contribution >= 4 is 11.9 Å². The van der Waals surface area contributed by atoms with Gasteiger partial charge < -0.3 is 14.9 Å². The summed E-state index contributed by atoms with van der Waals surface area (Å²) >= 11 is 0. The summed E-state index contributed by atoms with van der Waals surface area (Å²) in [7, 11) is 0. The van der Waals surface area contributed by atoms with Crippen LogP contribution in [-0.4, -0.2) is 40.4 Å². The fourth-order valence-electron chi connectivity index (χ4n) is 3.25. The summed E-state index contributed by atoms with van der Waals surface area (Å²) in [4.78, 5) is 9.23. The Bertz CT molecular complexity index is 839. The highest BCUT2D eigenvalue weighted by Gasteiger charge is 2.23. The molecule has 126 valence electrons. The Morgan fingerprint density at radius 1 is 1.04 bits per heavy atom. The molecule has 4 rings (SSSR count). The highest BCUT2D eigenvalue weighted by atomic mass is 16.3. The van der Waals surface area contributed by atoms with Gasteiger partial charge in [0.15, 0.2) is 0 Å². The van der Waals surface area contributed by atoms with Gasteiger partial charge in [-0.05, 0) is 23.3 Å². The van der Waals surface area contributed by atoms with Crippen molar-refractivity contribution < 1.29 is 5.11 Å². The number of amidine groups is 1. The predicted molar refractivity (Wildman–Crippen MR) is 101 cm³/mol. The highest BCUT2D eigenvalue weighted by molar-refractivity contribution is 6.05. The third-order valence-corrected chi connectivity index (χ3v) is 4.51. The van der Waals surface area contributed by atoms with Crippen molar-refractivity contribution in [2.75, 3.05) is 19.7 Å². The molecule has 0 saturated carbocycles. The number of rotatable bonds is 5. The van der Waals surface area contributed by atoms with E-state index in [9.17, 15) is 5.11 Å². The summed E-state index contributed by atoms with van der Waals surface area (Å²) in [5.41, 5.74) is 3.55. The van der Waals surface area contributed by atoms with Crippen molar-refractivity contribution in [3.63, 3.8) is 0 Å². The Morgan fingerprint density at radius 3 is 2.68 bits per heavy atom. The lowest BCUT2D eigenvalue weighted by Gasteiger charge is -2.33. The fourth-order valence-corrected chi connectivity index (χ4v) is 3.25. The van der Waals surface area contributed by atoms with E-state index in [0.29, 0.717) is 6.54 Å². The van der Waals surface area contributed by atoms with E-state index in [1.54, 1.807) is 0 Å². The van der Waals surface area contributed by atoms with Crippen molar-refractivity contribution in [1.29, 1.82) is 0 Å². The fraction of sp³-hybridized carbons (Fsp3) is 0.190. The number of aliphatic imine (C=N–C) groups is 1. The van der Waals surface area contributed by atoms with Gasteiger partial charge in [0.05, 0.1) is 6.61 Å². The molecular weight excluding hydrogens is 310 g/mol. The average molecular weight is 331 g/mol. The van der Waals surface area contributed by atoms with Gasteiger partial charge in [0, 0.05) is 31.4 Å². The lowest BCUT2D eigenvalue weighted by molar-refractivity contribution is 0.219. The van der Waals surface area contributed by atoms with Gasteiger partial charge in [0.1, 0.15) is 11.7 Å². The molecule has 0 aromatic heterocycles. The Labute approximate surface area is 148 Å². The molecule has 2 heterocycles. The van der Waals surface area contributed by atoms with Gasteiger partial charge in [-0.3, -0.25) is 0 Å². The Hall–Kier alpha value is -2.85. The van der Waals surface area contributed by atoms with E-state index >= 15 is 0 Å². The maximum Gasteiger partial charge on any atom is 0.143 e. The molecule has 0 saturated heterocycles. The molecule has 4 nitrogen and oxygen atoms in total. The zero-order valence-electron chi connectivity index (χ0n) is 14.0. The van der Waals surface area contributed by atoms with Crippen LogP contribution in [-0.2, 0) is 6.54 Å². The molecule has 0 bridgehead atoms. The normalized spacial score (nSPS) is 15.2. The van der Waals surface area contributed by atoms with E-state index in [2.05, 4.69) is 52.4 Å². The SMILES string of the molecule is OCCN(Cc1ccccc1)C1=CCN2C=Cc3ccccc3C2=N1. The van der Waals surface area contributed by atoms with Crippen LogP contribution in [0.2, 0.25) is 0 Å². The molecular formula is C21H21N3O. The summed E-state index contributed by atoms with van der Waals surface area (Å²) in [5.74, 6) is 1.90. The van der Waals surface area contributed by atoms with Gasteiger partial charge in [-0.2, -0.15) is 0 Å². The zero-order valence-corrected chi connectivity index (χ0v) is 14.0. The molecule has 25 heavy (non-hydrogen) atoms. The summed E-state index contributed by atoms with van der Waals surface area (Å²) in [5, 5.41) is 9.50. The average Bonchev–Trinajstić information content (AvgIpc) is 2.68. The second kappa shape index (κ2) is 6.95. The second-order valence-corrected chi connectivity index (χ2v) is 6.18. The minimum absolute atomic E-state index is 0.106. The largest absolute Gasteiger partial charge is 0.395 e. The van der Waals surface area contributed by atoms with Crippen LogP contribution in [0.4, 0.5) is 0 Å². The third kappa shape index (κ3) is 3.21. The van der Waals surface area contributed by atoms with Gasteiger partial charge in [-0.1, -0.05) is 54.6 Å². The first kappa shape index (κ1) is 15.7. The van der Waals surface area contributed by atoms with Crippen molar-refractivity contribution in [3.05, 3.63) is 89.4 Å². The third-order valence-electron chi connectivity index (χ3n) is 4.51. The molecule has 0 unspecified atom stereocenters. The van der Waals surface area contributed by atoms with Crippen molar-refractivity contribution in [1.82, 2.24) is 9.80 Å². The van der Waals surface area contributed by atoms with E-state index in [4.69, 9.17) is 4.99 Å². The second-order valence-electron chi connectivity index (χ2n) is 6.18. The number of fused-ring (bicyclic) bond motifs is 3. The Kier molecular flexibility index (Phi) is 4.36. The quantitative estimate of drug-likeness (QED) is 0.915. The van der Waals surface area contributed by atoms with E-state index in [0.717, 1.165) is 30.3 Å². The summed E-state index contributed by atoms with van der Waals surface area (Å²) in [6.07, 6.45) is 6.34. The first-order valence-corrected chi connectivity index (χ1v) is 8.58. The number of hydrogen-bond acceptors (Lipinski definition) is 4. The Morgan fingerprint density at radius 2 is 1.84 bits per heavy atom. The van der Waals surface area contributed by atoms with Crippen LogP contribution < -0.4 is 0 Å². The smallest absolute Gasteiger partial charge is 0.143 e. The standard InChI is InChI=1S/C21H21N3O/c25-15-14-24(16-17-6-2-1-3-7-17)20-11-13-23-12-10-18-8-4-5-9-19(18)21(23)22-20/h1-12,25H,13-16H2. The van der Waals surface area contributed by atoms with Gasteiger partial charge in [-0.15, -0.1) is 0 Å². The molecule has 0 aliphatic carbocycles. The monoisotopic (exact) mass is 331 g/mol. The van der Waals surface area contributed by atoms with Crippen LogP contribution in [0.25, 0.3) is 6.08 Å². The molecule has 0 amide bonds. The van der Waals surface area contributed by atoms with Crippen LogP contribution in [0.1, 0.15) is 16.7 Å². The molecule has 4 heteroatoms. The first-order chi connectivity index (χ1) is 12.3. The summed E-state index contributed by atoms with van der Waals surface area (Å²) in [6, 6.07) is 18.6. The minimum atomic E-state index is 0.106. The number of aliphatic hydroxyl groups excluding tert-OH is 1. The summed E-state index contributed by atoms with van der Waals surface area (Å²) < 4.78 is 0. The zero-order chi connectivity index (χ0) is 17.1. The molecule has 2 aromatic rings. The molecule has 0 atom stereocenters. The van der Waals surface area contributed by atoms with Crippen LogP contribution in [0.5, 0.6) is 0 Å². The first-order valence-electron chi connectivity index (χ1n) is 8.58. The van der Waals surface area contributed by atoms with Crippen LogP contribution in [0.15, 0.2) is 77.7 Å². The van der Waals surface area contributed by atoms with Crippen molar-refractivity contribution in [2.24, 2.45) is 4.99 Å². The molecule has 2 aliphatic heterocycles. The molecule has 2 aliphatic rings. The number of aliphatic hydroxyl groups is 1. The maximum absolute atomic E-state index is 9.50. The lowest BCUT2D eigenvalue weighted by Crippen LogP contribution is -2.36. The topological polar surface area (TPSA) is 39.1 Å². The summed E-state index contributed by atoms with van der Waals surface area (Å²) in [6.45, 7) is 2.20. The number of benzene rings is 2. The molecule has 2 aromatic carbocycles. The molecule has 1 N–H and O–H groups in total. The number of hydrogen-bond donors (Lipinski definition) is 1. The van der Waals surface area contributed by atoms with E-state index in [-0.39, 0.29) is 6.61 Å². The highest BCUT2D eigenvalue weighted by Crippen LogP contribution is 2.25. The Balaban J connectivity index is 1.65.